The quantitative estimate of drug-likeness (QED) is 0.738. The maximum absolute atomic E-state index is 12.4. The summed E-state index contributed by atoms with van der Waals surface area (Å²) in [5.41, 5.74) is -1.43. The molecular weight excluding hydrogens is 278 g/mol. The summed E-state index contributed by atoms with van der Waals surface area (Å²) in [6.45, 7) is 0.481. The molecule has 2 N–H and O–H groups in total. The van der Waals surface area contributed by atoms with E-state index in [1.807, 2.05) is 4.98 Å². The highest BCUT2D eigenvalue weighted by Crippen LogP contribution is 2.21. The van der Waals surface area contributed by atoms with Crippen LogP contribution in [0.2, 0.25) is 0 Å². The van der Waals surface area contributed by atoms with E-state index >= 15 is 0 Å². The van der Waals surface area contributed by atoms with Crippen molar-refractivity contribution in [3.63, 3.8) is 0 Å². The molecule has 2 heterocycles. The minimum atomic E-state index is -0.729. The zero-order valence-corrected chi connectivity index (χ0v) is 11.7. The molecule has 0 radical (unpaired) electrons. The van der Waals surface area contributed by atoms with Crippen molar-refractivity contribution in [3.8, 4) is 0 Å². The molecule has 21 heavy (non-hydrogen) atoms. The molecule has 1 aromatic rings. The van der Waals surface area contributed by atoms with Gasteiger partial charge in [-0.3, -0.25) is 19.4 Å². The van der Waals surface area contributed by atoms with Crippen LogP contribution in [0.4, 0.5) is 0 Å². The van der Waals surface area contributed by atoms with Crippen LogP contribution in [-0.4, -0.2) is 46.4 Å². The normalized spacial score (nSPS) is 18.3. The van der Waals surface area contributed by atoms with Crippen molar-refractivity contribution >= 4 is 11.9 Å². The minimum absolute atomic E-state index is 0.0690. The SMILES string of the molecule is COC(=O)CC1CCCCN1C(=O)c1cc(=O)[nH]c(=O)[nH]1. The topological polar surface area (TPSA) is 112 Å². The Morgan fingerprint density at radius 1 is 1.33 bits per heavy atom. The maximum Gasteiger partial charge on any atom is 0.326 e. The van der Waals surface area contributed by atoms with E-state index in [4.69, 9.17) is 0 Å². The monoisotopic (exact) mass is 295 g/mol. The summed E-state index contributed by atoms with van der Waals surface area (Å²) in [5.74, 6) is -0.842. The van der Waals surface area contributed by atoms with Gasteiger partial charge >= 0.3 is 11.7 Å². The Morgan fingerprint density at radius 2 is 2.10 bits per heavy atom. The summed E-state index contributed by atoms with van der Waals surface area (Å²) in [5, 5.41) is 0. The van der Waals surface area contributed by atoms with Crippen molar-refractivity contribution in [2.75, 3.05) is 13.7 Å². The molecule has 1 aliphatic rings. The summed E-state index contributed by atoms with van der Waals surface area (Å²) in [7, 11) is 1.30. The van der Waals surface area contributed by atoms with Gasteiger partial charge in [0.05, 0.1) is 13.5 Å². The number of likely N-dealkylation sites (tertiary alicyclic amines) is 1. The first-order valence-corrected chi connectivity index (χ1v) is 6.72. The molecule has 1 fully saturated rings. The molecule has 0 bridgehead atoms. The van der Waals surface area contributed by atoms with Gasteiger partial charge in [-0.05, 0) is 19.3 Å². The van der Waals surface area contributed by atoms with Gasteiger partial charge in [0.25, 0.3) is 11.5 Å². The van der Waals surface area contributed by atoms with Gasteiger partial charge in [-0.25, -0.2) is 4.79 Å². The molecule has 1 unspecified atom stereocenters. The molecule has 1 aliphatic heterocycles. The van der Waals surface area contributed by atoms with E-state index in [0.29, 0.717) is 13.0 Å². The van der Waals surface area contributed by atoms with Crippen LogP contribution in [0, 0.1) is 0 Å². The smallest absolute Gasteiger partial charge is 0.326 e. The average Bonchev–Trinajstić information content (AvgIpc) is 2.46. The van der Waals surface area contributed by atoms with Crippen LogP contribution < -0.4 is 11.2 Å². The first-order chi connectivity index (χ1) is 10.0. The Bertz CT molecular complexity index is 619. The van der Waals surface area contributed by atoms with E-state index in [-0.39, 0.29) is 24.1 Å². The molecule has 8 nitrogen and oxygen atoms in total. The number of nitrogens with zero attached hydrogens (tertiary/aromatic N) is 1. The Kier molecular flexibility index (Phi) is 4.56. The second-order valence-electron chi connectivity index (χ2n) is 4.93. The lowest BCUT2D eigenvalue weighted by molar-refractivity contribution is -0.142. The summed E-state index contributed by atoms with van der Waals surface area (Å²) in [4.78, 5) is 52.2. The van der Waals surface area contributed by atoms with Gasteiger partial charge in [0, 0.05) is 18.7 Å². The van der Waals surface area contributed by atoms with Gasteiger partial charge in [0.2, 0.25) is 0 Å². The Balaban J connectivity index is 2.23. The van der Waals surface area contributed by atoms with E-state index in [9.17, 15) is 19.2 Å². The van der Waals surface area contributed by atoms with Gasteiger partial charge in [-0.2, -0.15) is 0 Å². The summed E-state index contributed by atoms with van der Waals surface area (Å²) < 4.78 is 4.64. The second kappa shape index (κ2) is 6.38. The number of carbonyl (C=O) groups is 2. The number of nitrogens with one attached hydrogen (secondary N) is 2. The number of carbonyl (C=O) groups excluding carboxylic acids is 2. The molecule has 0 aromatic carbocycles. The second-order valence-corrected chi connectivity index (χ2v) is 4.93. The molecule has 0 spiro atoms. The summed E-state index contributed by atoms with van der Waals surface area (Å²) in [6.07, 6.45) is 2.53. The number of hydrogen-bond donors (Lipinski definition) is 2. The van der Waals surface area contributed by atoms with Crippen molar-refractivity contribution in [1.82, 2.24) is 14.9 Å². The number of piperidine rings is 1. The van der Waals surface area contributed by atoms with Crippen LogP contribution >= 0.6 is 0 Å². The van der Waals surface area contributed by atoms with Crippen molar-refractivity contribution in [1.29, 1.82) is 0 Å². The van der Waals surface area contributed by atoms with Crippen LogP contribution in [0.5, 0.6) is 0 Å². The zero-order chi connectivity index (χ0) is 15.4. The van der Waals surface area contributed by atoms with Crippen molar-refractivity contribution in [3.05, 3.63) is 32.6 Å². The molecule has 2 rings (SSSR count). The van der Waals surface area contributed by atoms with Crippen LogP contribution in [0.1, 0.15) is 36.2 Å². The average molecular weight is 295 g/mol. The van der Waals surface area contributed by atoms with Crippen molar-refractivity contribution in [2.45, 2.75) is 31.7 Å². The number of amides is 1. The molecule has 8 heteroatoms. The number of aromatic nitrogens is 2. The fourth-order valence-electron chi connectivity index (χ4n) is 2.49. The van der Waals surface area contributed by atoms with E-state index in [0.717, 1.165) is 18.9 Å². The van der Waals surface area contributed by atoms with Crippen LogP contribution in [0.3, 0.4) is 0 Å². The number of H-pyrrole nitrogens is 2. The van der Waals surface area contributed by atoms with Crippen molar-refractivity contribution < 1.29 is 14.3 Å². The third kappa shape index (κ3) is 3.59. The molecule has 1 amide bonds. The van der Waals surface area contributed by atoms with Gasteiger partial charge in [-0.1, -0.05) is 0 Å². The van der Waals surface area contributed by atoms with Gasteiger partial charge in [-0.15, -0.1) is 0 Å². The number of ether oxygens (including phenoxy) is 1. The number of methoxy groups -OCH3 is 1. The molecular formula is C13H17N3O5. The summed E-state index contributed by atoms with van der Waals surface area (Å²) >= 11 is 0. The van der Waals surface area contributed by atoms with Crippen molar-refractivity contribution in [2.24, 2.45) is 0 Å². The van der Waals surface area contributed by atoms with Crippen LogP contribution in [0.25, 0.3) is 0 Å². The predicted octanol–water partition coefficient (Wildman–Crippen LogP) is -0.379. The molecule has 0 aliphatic carbocycles. The largest absolute Gasteiger partial charge is 0.469 e. The lowest BCUT2D eigenvalue weighted by Gasteiger charge is -2.35. The Morgan fingerprint density at radius 3 is 2.76 bits per heavy atom. The van der Waals surface area contributed by atoms with E-state index in [1.54, 1.807) is 0 Å². The van der Waals surface area contributed by atoms with E-state index < -0.39 is 17.2 Å². The molecule has 1 aromatic heterocycles. The fraction of sp³-hybridized carbons (Fsp3) is 0.538. The third-order valence-electron chi connectivity index (χ3n) is 3.51. The number of hydrogen-bond acceptors (Lipinski definition) is 5. The van der Waals surface area contributed by atoms with E-state index in [2.05, 4.69) is 9.72 Å². The lowest BCUT2D eigenvalue weighted by Crippen LogP contribution is -2.46. The number of aromatic amines is 2. The number of rotatable bonds is 3. The first kappa shape index (κ1) is 15.0. The van der Waals surface area contributed by atoms with E-state index in [1.165, 1.54) is 12.0 Å². The highest BCUT2D eigenvalue weighted by atomic mass is 16.5. The highest BCUT2D eigenvalue weighted by Gasteiger charge is 2.30. The minimum Gasteiger partial charge on any atom is -0.469 e. The Hall–Kier alpha value is -2.38. The standard InChI is InChI=1S/C13H17N3O5/c1-21-11(18)6-8-4-2-3-5-16(8)12(19)9-7-10(17)15-13(20)14-9/h7-8H,2-6H2,1H3,(H2,14,15,17,20). The predicted molar refractivity (Wildman–Crippen MR) is 73.0 cm³/mol. The Labute approximate surface area is 120 Å². The molecule has 114 valence electrons. The van der Waals surface area contributed by atoms with Crippen LogP contribution in [-0.2, 0) is 9.53 Å². The van der Waals surface area contributed by atoms with Gasteiger partial charge in [0.1, 0.15) is 5.69 Å². The zero-order valence-electron chi connectivity index (χ0n) is 11.7. The summed E-state index contributed by atoms with van der Waals surface area (Å²) in [6, 6.07) is 0.773. The fourth-order valence-corrected chi connectivity index (χ4v) is 2.49. The van der Waals surface area contributed by atoms with Gasteiger partial charge in [0.15, 0.2) is 0 Å². The molecule has 1 atom stereocenters. The van der Waals surface area contributed by atoms with Crippen LogP contribution in [0.15, 0.2) is 15.7 Å². The number of esters is 1. The maximum atomic E-state index is 12.4. The highest BCUT2D eigenvalue weighted by molar-refractivity contribution is 5.92. The molecule has 0 saturated carbocycles. The first-order valence-electron chi connectivity index (χ1n) is 6.72. The lowest BCUT2D eigenvalue weighted by atomic mass is 9.99. The molecule has 1 saturated heterocycles. The third-order valence-corrected chi connectivity index (χ3v) is 3.51. The van der Waals surface area contributed by atoms with Gasteiger partial charge < -0.3 is 14.6 Å².